The molecule has 1 aromatic heterocycles. The van der Waals surface area contributed by atoms with Crippen molar-refractivity contribution >= 4 is 27.7 Å². The largest absolute Gasteiger partial charge is 0.480 e. The monoisotopic (exact) mass is 277 g/mol. The van der Waals surface area contributed by atoms with Gasteiger partial charge in [0.1, 0.15) is 4.47 Å². The van der Waals surface area contributed by atoms with Crippen molar-refractivity contribution in [1.82, 2.24) is 9.78 Å². The van der Waals surface area contributed by atoms with Crippen LogP contribution in [0.15, 0.2) is 10.7 Å². The molecule has 1 heterocycles. The summed E-state index contributed by atoms with van der Waals surface area (Å²) in [5.74, 6) is -1.45. The molecule has 1 N–H and O–H groups in total. The average Bonchev–Trinajstić information content (AvgIpc) is 2.48. The second-order valence-corrected chi connectivity index (χ2v) is 3.65. The fourth-order valence-electron chi connectivity index (χ4n) is 1.12. The highest BCUT2D eigenvalue weighted by Gasteiger charge is 2.26. The molecular formula is C7H8BrN3O4. The number of aliphatic carboxylic acids is 1. The number of rotatable bonds is 4. The van der Waals surface area contributed by atoms with Crippen LogP contribution in [-0.2, 0) is 4.79 Å². The summed E-state index contributed by atoms with van der Waals surface area (Å²) in [7, 11) is 0. The fourth-order valence-corrected chi connectivity index (χ4v) is 1.55. The first-order valence-corrected chi connectivity index (χ1v) is 4.88. The molecule has 0 saturated heterocycles. The minimum absolute atomic E-state index is 0.173. The third-order valence-electron chi connectivity index (χ3n) is 1.83. The molecule has 82 valence electrons. The quantitative estimate of drug-likeness (QED) is 0.666. The molecular weight excluding hydrogens is 270 g/mol. The highest BCUT2D eigenvalue weighted by Crippen LogP contribution is 2.24. The van der Waals surface area contributed by atoms with Crippen LogP contribution >= 0.6 is 15.9 Å². The van der Waals surface area contributed by atoms with Crippen molar-refractivity contribution in [2.24, 2.45) is 0 Å². The molecule has 0 aromatic carbocycles. The normalized spacial score (nSPS) is 12.4. The summed E-state index contributed by atoms with van der Waals surface area (Å²) < 4.78 is 1.25. The molecule has 0 bridgehead atoms. The molecule has 0 radical (unpaired) electrons. The van der Waals surface area contributed by atoms with E-state index in [9.17, 15) is 14.9 Å². The Labute approximate surface area is 93.0 Å². The molecule has 0 spiro atoms. The highest BCUT2D eigenvalue weighted by molar-refractivity contribution is 9.10. The predicted octanol–water partition coefficient (Wildman–Crippen LogP) is 1.59. The molecule has 0 aliphatic rings. The second-order valence-electron chi connectivity index (χ2n) is 2.80. The third-order valence-corrected chi connectivity index (χ3v) is 2.39. The lowest BCUT2D eigenvalue weighted by Gasteiger charge is -2.04. The standard InChI is InChI=1S/C7H8BrN3O4/c1-2-5(7(12)13)10-3-4(8)6(9-10)11(14)15/h3,5H,2H2,1H3,(H,12,13). The van der Waals surface area contributed by atoms with Crippen LogP contribution in [0.1, 0.15) is 19.4 Å². The molecule has 8 heteroatoms. The highest BCUT2D eigenvalue weighted by atomic mass is 79.9. The van der Waals surface area contributed by atoms with Gasteiger partial charge in [-0.1, -0.05) is 6.92 Å². The number of carboxylic acids is 1. The summed E-state index contributed by atoms with van der Waals surface area (Å²) in [6.07, 6.45) is 1.60. The van der Waals surface area contributed by atoms with Crippen LogP contribution in [0.3, 0.4) is 0 Å². The number of hydrogen-bond acceptors (Lipinski definition) is 4. The van der Waals surface area contributed by atoms with Gasteiger partial charge in [-0.05, 0) is 27.3 Å². The van der Waals surface area contributed by atoms with Gasteiger partial charge in [0, 0.05) is 0 Å². The van der Waals surface area contributed by atoms with E-state index in [0.717, 1.165) is 4.68 Å². The maximum absolute atomic E-state index is 10.8. The van der Waals surface area contributed by atoms with Crippen molar-refractivity contribution in [3.05, 3.63) is 20.8 Å². The smallest absolute Gasteiger partial charge is 0.404 e. The van der Waals surface area contributed by atoms with E-state index in [1.165, 1.54) is 6.20 Å². The minimum Gasteiger partial charge on any atom is -0.480 e. The summed E-state index contributed by atoms with van der Waals surface area (Å²) >= 11 is 2.95. The van der Waals surface area contributed by atoms with Crippen LogP contribution in [0.25, 0.3) is 0 Å². The van der Waals surface area contributed by atoms with Crippen LogP contribution in [0.2, 0.25) is 0 Å². The Balaban J connectivity index is 3.10. The maximum atomic E-state index is 10.8. The van der Waals surface area contributed by atoms with Gasteiger partial charge in [-0.2, -0.15) is 4.68 Å². The molecule has 1 rings (SSSR count). The van der Waals surface area contributed by atoms with Gasteiger partial charge in [0.25, 0.3) is 0 Å². The van der Waals surface area contributed by atoms with Crippen molar-refractivity contribution in [3.8, 4) is 0 Å². The van der Waals surface area contributed by atoms with Gasteiger partial charge < -0.3 is 15.2 Å². The third kappa shape index (κ3) is 2.32. The molecule has 0 amide bonds. The van der Waals surface area contributed by atoms with Crippen molar-refractivity contribution < 1.29 is 14.8 Å². The SMILES string of the molecule is CCC(C(=O)O)n1cc(Br)c([N+](=O)[O-])n1. The average molecular weight is 278 g/mol. The Morgan fingerprint density at radius 3 is 2.80 bits per heavy atom. The molecule has 1 aromatic rings. The number of aromatic nitrogens is 2. The first-order chi connectivity index (χ1) is 6.97. The zero-order chi connectivity index (χ0) is 11.6. The van der Waals surface area contributed by atoms with Gasteiger partial charge >= 0.3 is 11.8 Å². The van der Waals surface area contributed by atoms with Gasteiger partial charge in [-0.25, -0.2) is 4.79 Å². The van der Waals surface area contributed by atoms with E-state index in [4.69, 9.17) is 5.11 Å². The number of halogens is 1. The number of nitro groups is 1. The summed E-state index contributed by atoms with van der Waals surface area (Å²) in [5.41, 5.74) is 0. The Hall–Kier alpha value is -1.44. The van der Waals surface area contributed by atoms with Crippen molar-refractivity contribution in [1.29, 1.82) is 0 Å². The Morgan fingerprint density at radius 2 is 2.47 bits per heavy atom. The lowest BCUT2D eigenvalue weighted by atomic mass is 10.2. The van der Waals surface area contributed by atoms with Crippen molar-refractivity contribution in [2.45, 2.75) is 19.4 Å². The van der Waals surface area contributed by atoms with Crippen LogP contribution < -0.4 is 0 Å². The Bertz CT molecular complexity index is 403. The molecule has 0 aliphatic heterocycles. The summed E-state index contributed by atoms with van der Waals surface area (Å²) in [4.78, 5) is 20.6. The number of carboxylic acid groups (broad SMARTS) is 1. The van der Waals surface area contributed by atoms with E-state index >= 15 is 0 Å². The van der Waals surface area contributed by atoms with E-state index in [2.05, 4.69) is 21.0 Å². The van der Waals surface area contributed by atoms with E-state index in [-0.39, 0.29) is 10.3 Å². The van der Waals surface area contributed by atoms with E-state index in [1.54, 1.807) is 6.92 Å². The predicted molar refractivity (Wildman–Crippen MR) is 53.5 cm³/mol. The number of carbonyl (C=O) groups is 1. The van der Waals surface area contributed by atoms with Gasteiger partial charge in [-0.3, -0.25) is 0 Å². The molecule has 0 aliphatic carbocycles. The van der Waals surface area contributed by atoms with Crippen LogP contribution in [0.4, 0.5) is 5.82 Å². The first-order valence-electron chi connectivity index (χ1n) is 4.09. The summed E-state index contributed by atoms with van der Waals surface area (Å²) in [6, 6.07) is -0.880. The lowest BCUT2D eigenvalue weighted by molar-refractivity contribution is -0.390. The molecule has 1 unspecified atom stereocenters. The minimum atomic E-state index is -1.07. The van der Waals surface area contributed by atoms with Gasteiger partial charge in [-0.15, -0.1) is 0 Å². The van der Waals surface area contributed by atoms with E-state index < -0.39 is 16.9 Å². The zero-order valence-electron chi connectivity index (χ0n) is 7.75. The van der Waals surface area contributed by atoms with E-state index in [0.29, 0.717) is 6.42 Å². The number of hydrogen-bond donors (Lipinski definition) is 1. The van der Waals surface area contributed by atoms with Gasteiger partial charge in [0.15, 0.2) is 6.04 Å². The molecule has 0 saturated carbocycles. The Kier molecular flexibility index (Phi) is 3.40. The van der Waals surface area contributed by atoms with Crippen LogP contribution in [0.5, 0.6) is 0 Å². The fraction of sp³-hybridized carbons (Fsp3) is 0.429. The number of nitrogens with zero attached hydrogens (tertiary/aromatic N) is 3. The summed E-state index contributed by atoms with van der Waals surface area (Å²) in [5, 5.41) is 22.9. The maximum Gasteiger partial charge on any atom is 0.404 e. The molecule has 7 nitrogen and oxygen atoms in total. The molecule has 1 atom stereocenters. The second kappa shape index (κ2) is 4.39. The topological polar surface area (TPSA) is 98.3 Å². The molecule has 15 heavy (non-hydrogen) atoms. The van der Waals surface area contributed by atoms with Crippen LogP contribution in [0, 0.1) is 10.1 Å². The molecule has 0 fully saturated rings. The summed E-state index contributed by atoms with van der Waals surface area (Å²) in [6.45, 7) is 1.67. The van der Waals surface area contributed by atoms with Gasteiger partial charge in [0.05, 0.1) is 11.3 Å². The first kappa shape index (κ1) is 11.6. The van der Waals surface area contributed by atoms with E-state index in [1.807, 2.05) is 0 Å². The van der Waals surface area contributed by atoms with Gasteiger partial charge in [0.2, 0.25) is 0 Å². The Morgan fingerprint density at radius 1 is 1.87 bits per heavy atom. The lowest BCUT2D eigenvalue weighted by Crippen LogP contribution is -2.18. The zero-order valence-corrected chi connectivity index (χ0v) is 9.34. The van der Waals surface area contributed by atoms with Crippen molar-refractivity contribution in [2.75, 3.05) is 0 Å². The van der Waals surface area contributed by atoms with Crippen molar-refractivity contribution in [3.63, 3.8) is 0 Å². The van der Waals surface area contributed by atoms with Crippen LogP contribution in [-0.4, -0.2) is 25.8 Å².